The Bertz CT molecular complexity index is 979. The van der Waals surface area contributed by atoms with E-state index in [4.69, 9.17) is 10.3 Å². The van der Waals surface area contributed by atoms with Crippen molar-refractivity contribution in [3.05, 3.63) is 66.6 Å². The van der Waals surface area contributed by atoms with Crippen LogP contribution in [0, 0.1) is 6.92 Å². The largest absolute Gasteiger partial charge is 0.368 e. The second-order valence-electron chi connectivity index (χ2n) is 5.46. The molecular formula is C18H15N7O. The Kier molecular flexibility index (Phi) is 3.98. The van der Waals surface area contributed by atoms with Crippen LogP contribution in [0.5, 0.6) is 0 Å². The van der Waals surface area contributed by atoms with Crippen LogP contribution in [0.15, 0.2) is 65.2 Å². The van der Waals surface area contributed by atoms with E-state index in [1.807, 2.05) is 65.6 Å². The van der Waals surface area contributed by atoms with Crippen molar-refractivity contribution in [2.75, 3.05) is 10.6 Å². The van der Waals surface area contributed by atoms with Crippen LogP contribution in [-0.4, -0.2) is 25.1 Å². The molecule has 0 aliphatic rings. The van der Waals surface area contributed by atoms with Gasteiger partial charge in [-0.15, -0.1) is 0 Å². The molecule has 0 radical (unpaired) electrons. The maximum atomic E-state index is 5.92. The molecule has 0 aliphatic heterocycles. The molecule has 0 saturated carbocycles. The van der Waals surface area contributed by atoms with Gasteiger partial charge >= 0.3 is 0 Å². The molecule has 0 amide bonds. The van der Waals surface area contributed by atoms with Crippen molar-refractivity contribution in [3.63, 3.8) is 0 Å². The number of hydrogen-bond donors (Lipinski definition) is 1. The first-order valence-electron chi connectivity index (χ1n) is 7.93. The van der Waals surface area contributed by atoms with Crippen LogP contribution in [0.25, 0.3) is 11.6 Å². The Balaban J connectivity index is 1.88. The van der Waals surface area contributed by atoms with Crippen molar-refractivity contribution < 1.29 is 4.52 Å². The highest BCUT2D eigenvalue weighted by Gasteiger charge is 2.19. The molecule has 0 bridgehead atoms. The molecule has 8 heteroatoms. The average Bonchev–Trinajstić information content (AvgIpc) is 3.10. The molecular weight excluding hydrogens is 330 g/mol. The van der Waals surface area contributed by atoms with Gasteiger partial charge < -0.3 is 10.3 Å². The summed E-state index contributed by atoms with van der Waals surface area (Å²) in [5, 5.41) is 3.86. The van der Waals surface area contributed by atoms with Gasteiger partial charge in [-0.05, 0) is 24.3 Å². The summed E-state index contributed by atoms with van der Waals surface area (Å²) in [6.07, 6.45) is 0. The third-order valence-corrected chi connectivity index (χ3v) is 3.60. The van der Waals surface area contributed by atoms with Gasteiger partial charge in [-0.1, -0.05) is 41.6 Å². The molecule has 2 N–H and O–H groups in total. The Hall–Kier alpha value is -3.81. The highest BCUT2D eigenvalue weighted by Crippen LogP contribution is 2.32. The molecule has 0 saturated heterocycles. The van der Waals surface area contributed by atoms with E-state index in [0.717, 1.165) is 11.4 Å². The molecule has 0 atom stereocenters. The highest BCUT2D eigenvalue weighted by atomic mass is 16.5. The van der Waals surface area contributed by atoms with E-state index in [-0.39, 0.29) is 17.6 Å². The SMILES string of the molecule is Cc1nc(-c2nc(N)nc(N(c3ccccc3)c3ccccc3)n2)no1. The van der Waals surface area contributed by atoms with Crippen molar-refractivity contribution >= 4 is 23.3 Å². The number of nitrogens with zero attached hydrogens (tertiary/aromatic N) is 6. The molecule has 0 unspecified atom stereocenters. The van der Waals surface area contributed by atoms with E-state index >= 15 is 0 Å². The highest BCUT2D eigenvalue weighted by molar-refractivity contribution is 5.73. The van der Waals surface area contributed by atoms with Crippen molar-refractivity contribution in [2.24, 2.45) is 0 Å². The number of nitrogen functional groups attached to an aromatic ring is 1. The maximum Gasteiger partial charge on any atom is 0.240 e. The lowest BCUT2D eigenvalue weighted by Gasteiger charge is -2.23. The van der Waals surface area contributed by atoms with Gasteiger partial charge in [0.1, 0.15) is 0 Å². The van der Waals surface area contributed by atoms with E-state index in [9.17, 15) is 0 Å². The number of aromatic nitrogens is 5. The predicted octanol–water partition coefficient (Wildman–Crippen LogP) is 3.28. The molecule has 2 aromatic carbocycles. The topological polar surface area (TPSA) is 107 Å². The molecule has 0 aliphatic carbocycles. The summed E-state index contributed by atoms with van der Waals surface area (Å²) in [6.45, 7) is 1.70. The lowest BCUT2D eigenvalue weighted by atomic mass is 10.2. The lowest BCUT2D eigenvalue weighted by molar-refractivity contribution is 0.394. The summed E-state index contributed by atoms with van der Waals surface area (Å²) in [4.78, 5) is 19.0. The first-order chi connectivity index (χ1) is 12.7. The van der Waals surface area contributed by atoms with E-state index < -0.39 is 0 Å². The number of hydrogen-bond acceptors (Lipinski definition) is 8. The van der Waals surface area contributed by atoms with Crippen molar-refractivity contribution in [1.29, 1.82) is 0 Å². The van der Waals surface area contributed by atoms with Gasteiger partial charge in [0.25, 0.3) is 0 Å². The number of aryl methyl sites for hydroxylation is 1. The smallest absolute Gasteiger partial charge is 0.240 e. The van der Waals surface area contributed by atoms with Crippen LogP contribution in [0.4, 0.5) is 23.3 Å². The standard InChI is InChI=1S/C18H15N7O/c1-12-20-16(24-26-12)15-21-17(19)23-18(22-15)25(13-8-4-2-5-9-13)14-10-6-3-7-11-14/h2-11H,1H3,(H2,19,21,22,23). The van der Waals surface area contributed by atoms with Crippen LogP contribution < -0.4 is 10.6 Å². The van der Waals surface area contributed by atoms with Crippen LogP contribution in [0.2, 0.25) is 0 Å². The van der Waals surface area contributed by atoms with Crippen LogP contribution in [-0.2, 0) is 0 Å². The molecule has 8 nitrogen and oxygen atoms in total. The first kappa shape index (κ1) is 15.7. The Morgan fingerprint density at radius 1 is 0.769 bits per heavy atom. The molecule has 0 spiro atoms. The normalized spacial score (nSPS) is 10.7. The Morgan fingerprint density at radius 2 is 1.38 bits per heavy atom. The van der Waals surface area contributed by atoms with Crippen LogP contribution in [0.1, 0.15) is 5.89 Å². The molecule has 0 fully saturated rings. The van der Waals surface area contributed by atoms with Gasteiger partial charge in [0, 0.05) is 18.3 Å². The molecule has 128 valence electrons. The Morgan fingerprint density at radius 3 is 1.92 bits per heavy atom. The second kappa shape index (κ2) is 6.60. The minimum Gasteiger partial charge on any atom is -0.368 e. The number of anilines is 4. The lowest BCUT2D eigenvalue weighted by Crippen LogP contribution is -2.15. The summed E-state index contributed by atoms with van der Waals surface area (Å²) in [5.41, 5.74) is 7.70. The maximum absolute atomic E-state index is 5.92. The van der Waals surface area contributed by atoms with Crippen molar-refractivity contribution in [1.82, 2.24) is 25.1 Å². The summed E-state index contributed by atoms with van der Waals surface area (Å²) in [5.74, 6) is 1.38. The summed E-state index contributed by atoms with van der Waals surface area (Å²) in [7, 11) is 0. The van der Waals surface area contributed by atoms with Crippen molar-refractivity contribution in [2.45, 2.75) is 6.92 Å². The fourth-order valence-electron chi connectivity index (χ4n) is 2.50. The van der Waals surface area contributed by atoms with Gasteiger partial charge in [-0.2, -0.15) is 19.9 Å². The van der Waals surface area contributed by atoms with Crippen LogP contribution in [0.3, 0.4) is 0 Å². The van der Waals surface area contributed by atoms with Gasteiger partial charge in [0.15, 0.2) is 0 Å². The van der Waals surface area contributed by atoms with E-state index in [2.05, 4.69) is 25.1 Å². The van der Waals surface area contributed by atoms with E-state index in [0.29, 0.717) is 11.8 Å². The average molecular weight is 345 g/mol. The zero-order valence-electron chi connectivity index (χ0n) is 13.9. The third kappa shape index (κ3) is 3.07. The van der Waals surface area contributed by atoms with Gasteiger partial charge in [-0.3, -0.25) is 4.90 Å². The first-order valence-corrected chi connectivity index (χ1v) is 7.93. The molecule has 2 aromatic heterocycles. The van der Waals surface area contributed by atoms with E-state index in [1.54, 1.807) is 6.92 Å². The Labute approximate surface area is 149 Å². The zero-order valence-corrected chi connectivity index (χ0v) is 13.9. The predicted molar refractivity (Wildman–Crippen MR) is 97.0 cm³/mol. The fourth-order valence-corrected chi connectivity index (χ4v) is 2.50. The monoisotopic (exact) mass is 345 g/mol. The van der Waals surface area contributed by atoms with Gasteiger partial charge in [0.05, 0.1) is 0 Å². The van der Waals surface area contributed by atoms with Crippen molar-refractivity contribution in [3.8, 4) is 11.6 Å². The number of para-hydroxylation sites is 2. The molecule has 2 heterocycles. The summed E-state index contributed by atoms with van der Waals surface area (Å²) >= 11 is 0. The summed E-state index contributed by atoms with van der Waals surface area (Å²) in [6, 6.07) is 19.5. The molecule has 4 rings (SSSR count). The fraction of sp³-hybridized carbons (Fsp3) is 0.0556. The van der Waals surface area contributed by atoms with Crippen LogP contribution >= 0.6 is 0 Å². The molecule has 26 heavy (non-hydrogen) atoms. The summed E-state index contributed by atoms with van der Waals surface area (Å²) < 4.78 is 5.01. The van der Waals surface area contributed by atoms with E-state index in [1.165, 1.54) is 0 Å². The van der Waals surface area contributed by atoms with Gasteiger partial charge in [0.2, 0.25) is 29.4 Å². The minimum atomic E-state index is 0.0734. The molecule has 4 aromatic rings. The second-order valence-corrected chi connectivity index (χ2v) is 5.46. The zero-order chi connectivity index (χ0) is 17.9. The van der Waals surface area contributed by atoms with Gasteiger partial charge in [-0.25, -0.2) is 0 Å². The third-order valence-electron chi connectivity index (χ3n) is 3.60. The number of rotatable bonds is 4. The quantitative estimate of drug-likeness (QED) is 0.600. The minimum absolute atomic E-state index is 0.0734. The number of benzene rings is 2. The number of nitrogens with two attached hydrogens (primary N) is 1.